The molecule has 1 saturated heterocycles. The van der Waals surface area contributed by atoms with Gasteiger partial charge >= 0.3 is 5.97 Å². The normalized spacial score (nSPS) is 21.1. The average molecular weight is 395 g/mol. The van der Waals surface area contributed by atoms with Crippen molar-refractivity contribution in [1.29, 1.82) is 0 Å². The Kier molecular flexibility index (Phi) is 4.98. The van der Waals surface area contributed by atoms with Crippen LogP contribution in [0.1, 0.15) is 28.8 Å². The summed E-state index contributed by atoms with van der Waals surface area (Å²) < 4.78 is 12.9. The topological polar surface area (TPSA) is 148 Å². The van der Waals surface area contributed by atoms with E-state index in [2.05, 4.69) is 25.0 Å². The summed E-state index contributed by atoms with van der Waals surface area (Å²) in [6, 6.07) is 8.03. The van der Waals surface area contributed by atoms with E-state index in [0.717, 1.165) is 0 Å². The monoisotopic (exact) mass is 395 g/mol. The van der Waals surface area contributed by atoms with Gasteiger partial charge in [-0.25, -0.2) is 14.8 Å². The zero-order valence-corrected chi connectivity index (χ0v) is 15.4. The van der Waals surface area contributed by atoms with E-state index in [-0.39, 0.29) is 17.7 Å². The highest BCUT2D eigenvalue weighted by atomic mass is 16.6. The van der Waals surface area contributed by atoms with Crippen LogP contribution in [0.5, 0.6) is 0 Å². The molecular formula is C18H17N7O4. The van der Waals surface area contributed by atoms with Gasteiger partial charge < -0.3 is 14.5 Å². The molecule has 0 unspecified atom stereocenters. The molecule has 3 heterocycles. The Morgan fingerprint density at radius 2 is 2.24 bits per heavy atom. The van der Waals surface area contributed by atoms with E-state index in [0.29, 0.717) is 23.5 Å². The third-order valence-corrected chi connectivity index (χ3v) is 4.65. The molecule has 0 spiro atoms. The molecule has 1 fully saturated rings. The molecule has 0 saturated carbocycles. The van der Waals surface area contributed by atoms with Gasteiger partial charge in [-0.2, -0.15) is 0 Å². The molecule has 0 radical (unpaired) electrons. The fraction of sp³-hybridized carbons (Fsp3) is 0.333. The smallest absolute Gasteiger partial charge is 0.338 e. The number of carbonyl (C=O) groups excluding carboxylic acids is 1. The third kappa shape index (κ3) is 3.68. The van der Waals surface area contributed by atoms with Gasteiger partial charge in [0, 0.05) is 11.3 Å². The first-order valence-corrected chi connectivity index (χ1v) is 8.92. The predicted octanol–water partition coefficient (Wildman–Crippen LogP) is 2.25. The summed E-state index contributed by atoms with van der Waals surface area (Å²) in [5, 5.41) is 3.77. The van der Waals surface area contributed by atoms with E-state index in [1.165, 1.54) is 6.33 Å². The van der Waals surface area contributed by atoms with Crippen LogP contribution in [0, 0.1) is 6.92 Å². The van der Waals surface area contributed by atoms with Gasteiger partial charge in [-0.15, -0.1) is 0 Å². The maximum Gasteiger partial charge on any atom is 0.338 e. The van der Waals surface area contributed by atoms with Crippen LogP contribution in [-0.2, 0) is 9.47 Å². The summed E-state index contributed by atoms with van der Waals surface area (Å²) in [5.74, 6) is -0.0450. The van der Waals surface area contributed by atoms with Gasteiger partial charge in [0.1, 0.15) is 24.8 Å². The van der Waals surface area contributed by atoms with Crippen LogP contribution in [0.3, 0.4) is 0 Å². The Balaban J connectivity index is 1.54. The SMILES string of the molecule is Cc1nc2c(ncn2[C@H]2C[C@@H](N=[N+]=[N-])[C@@H](COC(=O)c3ccccc3)O2)c(=O)[nH]1. The predicted molar refractivity (Wildman–Crippen MR) is 101 cm³/mol. The van der Waals surface area contributed by atoms with E-state index in [9.17, 15) is 9.59 Å². The fourth-order valence-electron chi connectivity index (χ4n) is 3.29. The molecule has 0 bridgehead atoms. The van der Waals surface area contributed by atoms with Gasteiger partial charge in [-0.3, -0.25) is 9.36 Å². The number of nitrogens with zero attached hydrogens (tertiary/aromatic N) is 6. The quantitative estimate of drug-likeness (QED) is 0.303. The van der Waals surface area contributed by atoms with E-state index in [1.807, 2.05) is 0 Å². The molecular weight excluding hydrogens is 378 g/mol. The summed E-state index contributed by atoms with van der Waals surface area (Å²) in [5.41, 5.74) is 9.52. The lowest BCUT2D eigenvalue weighted by molar-refractivity contribution is -0.0332. The molecule has 148 valence electrons. The fourth-order valence-corrected chi connectivity index (χ4v) is 3.29. The number of nitrogens with one attached hydrogen (secondary N) is 1. The minimum absolute atomic E-state index is 0.0758. The van der Waals surface area contributed by atoms with Crippen LogP contribution in [-0.4, -0.2) is 44.2 Å². The van der Waals surface area contributed by atoms with Gasteiger partial charge in [0.2, 0.25) is 0 Å². The second kappa shape index (κ2) is 7.74. The zero-order valence-electron chi connectivity index (χ0n) is 15.4. The first-order valence-electron chi connectivity index (χ1n) is 8.92. The van der Waals surface area contributed by atoms with Gasteiger partial charge in [0.15, 0.2) is 11.2 Å². The highest BCUT2D eigenvalue weighted by Gasteiger charge is 2.37. The molecule has 3 atom stereocenters. The number of imidazole rings is 1. The number of aromatic nitrogens is 4. The van der Waals surface area contributed by atoms with E-state index in [1.54, 1.807) is 41.8 Å². The van der Waals surface area contributed by atoms with Crippen LogP contribution in [0.2, 0.25) is 0 Å². The van der Waals surface area contributed by atoms with Crippen molar-refractivity contribution in [2.24, 2.45) is 5.11 Å². The number of H-pyrrole nitrogens is 1. The summed E-state index contributed by atoms with van der Waals surface area (Å²) in [6.45, 7) is 1.59. The first-order chi connectivity index (χ1) is 14.1. The Morgan fingerprint density at radius 1 is 1.45 bits per heavy atom. The van der Waals surface area contributed by atoms with Crippen molar-refractivity contribution in [3.05, 3.63) is 68.8 Å². The molecule has 1 N–H and O–H groups in total. The lowest BCUT2D eigenvalue weighted by Gasteiger charge is -2.16. The van der Waals surface area contributed by atoms with Crippen LogP contribution in [0.25, 0.3) is 21.6 Å². The van der Waals surface area contributed by atoms with Gasteiger partial charge in [0.25, 0.3) is 5.56 Å². The Hall–Kier alpha value is -3.69. The molecule has 2 aromatic heterocycles. The van der Waals surface area contributed by atoms with Gasteiger partial charge in [-0.05, 0) is 24.6 Å². The van der Waals surface area contributed by atoms with Crippen molar-refractivity contribution in [2.45, 2.75) is 31.7 Å². The number of rotatable bonds is 5. The summed E-state index contributed by atoms with van der Waals surface area (Å²) in [7, 11) is 0. The van der Waals surface area contributed by atoms with Crippen molar-refractivity contribution in [3.63, 3.8) is 0 Å². The average Bonchev–Trinajstić information content (AvgIpc) is 3.31. The molecule has 1 aromatic carbocycles. The lowest BCUT2D eigenvalue weighted by Crippen LogP contribution is -2.26. The van der Waals surface area contributed by atoms with Crippen molar-refractivity contribution in [3.8, 4) is 0 Å². The number of ether oxygens (including phenoxy) is 2. The Labute approximate surface area is 163 Å². The van der Waals surface area contributed by atoms with E-state index in [4.69, 9.17) is 15.0 Å². The molecule has 3 aromatic rings. The van der Waals surface area contributed by atoms with E-state index >= 15 is 0 Å². The third-order valence-electron chi connectivity index (χ3n) is 4.65. The molecule has 1 aliphatic heterocycles. The highest BCUT2D eigenvalue weighted by molar-refractivity contribution is 5.89. The molecule has 0 aliphatic carbocycles. The molecule has 0 amide bonds. The van der Waals surface area contributed by atoms with Crippen molar-refractivity contribution in [2.75, 3.05) is 6.61 Å². The summed E-state index contributed by atoms with van der Waals surface area (Å²) >= 11 is 0. The van der Waals surface area contributed by atoms with Crippen LogP contribution >= 0.6 is 0 Å². The van der Waals surface area contributed by atoms with Crippen molar-refractivity contribution in [1.82, 2.24) is 19.5 Å². The number of azide groups is 1. The molecule has 11 heteroatoms. The van der Waals surface area contributed by atoms with Crippen LogP contribution < -0.4 is 5.56 Å². The van der Waals surface area contributed by atoms with Crippen molar-refractivity contribution < 1.29 is 14.3 Å². The number of aryl methyl sites for hydroxylation is 1. The Bertz CT molecular complexity index is 1150. The van der Waals surface area contributed by atoms with Crippen LogP contribution in [0.4, 0.5) is 0 Å². The van der Waals surface area contributed by atoms with E-state index < -0.39 is 24.3 Å². The number of hydrogen-bond acceptors (Lipinski definition) is 7. The molecule has 11 nitrogen and oxygen atoms in total. The van der Waals surface area contributed by atoms with Gasteiger partial charge in [0.05, 0.1) is 17.9 Å². The molecule has 1 aliphatic rings. The first kappa shape index (κ1) is 18.7. The maximum atomic E-state index is 12.2. The largest absolute Gasteiger partial charge is 0.459 e. The highest BCUT2D eigenvalue weighted by Crippen LogP contribution is 2.32. The maximum absolute atomic E-state index is 12.2. The minimum atomic E-state index is -0.635. The Morgan fingerprint density at radius 3 is 3.00 bits per heavy atom. The lowest BCUT2D eigenvalue weighted by atomic mass is 10.1. The number of hydrogen-bond donors (Lipinski definition) is 1. The molecule has 4 rings (SSSR count). The minimum Gasteiger partial charge on any atom is -0.459 e. The second-order valence-corrected chi connectivity index (χ2v) is 6.58. The summed E-state index contributed by atoms with van der Waals surface area (Å²) in [4.78, 5) is 38.1. The van der Waals surface area contributed by atoms with Gasteiger partial charge in [-0.1, -0.05) is 23.3 Å². The molecule has 29 heavy (non-hydrogen) atoms. The van der Waals surface area contributed by atoms with Crippen LogP contribution in [0.15, 0.2) is 46.6 Å². The number of aromatic amines is 1. The summed E-state index contributed by atoms with van der Waals surface area (Å²) in [6.07, 6.45) is 0.591. The number of carbonyl (C=O) groups is 1. The number of esters is 1. The zero-order chi connectivity index (χ0) is 20.4. The second-order valence-electron chi connectivity index (χ2n) is 6.58. The van der Waals surface area contributed by atoms with Crippen molar-refractivity contribution >= 4 is 17.1 Å². The standard InChI is InChI=1S/C18H17N7O4/c1-10-21-16-15(17(26)22-10)20-9-25(16)14-7-12(23-24-19)13(29-14)8-28-18(27)11-5-3-2-4-6-11/h2-6,9,12-14H,7-8H2,1H3,(H,21,22,26)/t12-,13-,14-/m1/s1. The number of fused-ring (bicyclic) bond motifs is 1. The number of benzene rings is 1.